The van der Waals surface area contributed by atoms with Crippen LogP contribution in [0.4, 0.5) is 6.01 Å². The van der Waals surface area contributed by atoms with E-state index in [1.54, 1.807) is 0 Å². The average Bonchev–Trinajstić information content (AvgIpc) is 2.55. The van der Waals surface area contributed by atoms with Crippen LogP contribution >= 0.6 is 11.6 Å². The number of carbonyl (C=O) groups is 1. The van der Waals surface area contributed by atoms with Gasteiger partial charge in [-0.1, -0.05) is 11.6 Å². The van der Waals surface area contributed by atoms with Crippen LogP contribution in [0, 0.1) is 0 Å². The maximum atomic E-state index is 11.4. The van der Waals surface area contributed by atoms with Crippen LogP contribution in [0.2, 0.25) is 5.02 Å². The van der Waals surface area contributed by atoms with Gasteiger partial charge in [-0.05, 0) is 6.07 Å². The second-order valence-electron chi connectivity index (χ2n) is 2.84. The molecule has 0 atom stereocenters. The summed E-state index contributed by atoms with van der Waals surface area (Å²) in [4.78, 5) is 15.3. The van der Waals surface area contributed by atoms with Crippen LogP contribution < -0.4 is 5.73 Å². The van der Waals surface area contributed by atoms with E-state index in [1.807, 2.05) is 0 Å². The Morgan fingerprint density at radius 1 is 1.60 bits per heavy atom. The third-order valence-corrected chi connectivity index (χ3v) is 2.10. The quantitative estimate of drug-likeness (QED) is 0.751. The SMILES string of the molecule is COC(=O)c1cc(Cl)cc2oc(N)nc12. The maximum absolute atomic E-state index is 11.4. The number of halogens is 1. The van der Waals surface area contributed by atoms with E-state index in [4.69, 9.17) is 21.8 Å². The zero-order valence-electron chi connectivity index (χ0n) is 7.78. The molecule has 1 aromatic heterocycles. The van der Waals surface area contributed by atoms with E-state index < -0.39 is 5.97 Å². The van der Waals surface area contributed by atoms with Gasteiger partial charge in [0.15, 0.2) is 5.58 Å². The molecule has 0 radical (unpaired) electrons. The number of benzene rings is 1. The number of hydrogen-bond acceptors (Lipinski definition) is 5. The van der Waals surface area contributed by atoms with Gasteiger partial charge in [-0.25, -0.2) is 4.79 Å². The standard InChI is InChI=1S/C9H7ClN2O3/c1-14-8(13)5-2-4(10)3-6-7(5)12-9(11)15-6/h2-3H,1H3,(H2,11,12). The van der Waals surface area contributed by atoms with Gasteiger partial charge in [0.05, 0.1) is 12.7 Å². The van der Waals surface area contributed by atoms with Gasteiger partial charge in [-0.15, -0.1) is 0 Å². The second-order valence-corrected chi connectivity index (χ2v) is 3.28. The fourth-order valence-corrected chi connectivity index (χ4v) is 1.49. The number of nitrogen functional groups attached to an aromatic ring is 1. The summed E-state index contributed by atoms with van der Waals surface area (Å²) < 4.78 is 9.65. The van der Waals surface area contributed by atoms with Gasteiger partial charge in [0.2, 0.25) is 0 Å². The first-order valence-electron chi connectivity index (χ1n) is 4.05. The Kier molecular flexibility index (Phi) is 2.24. The highest BCUT2D eigenvalue weighted by Crippen LogP contribution is 2.25. The molecule has 0 amide bonds. The Balaban J connectivity index is 2.75. The molecule has 0 saturated carbocycles. The van der Waals surface area contributed by atoms with Crippen LogP contribution in [0.1, 0.15) is 10.4 Å². The Morgan fingerprint density at radius 2 is 2.33 bits per heavy atom. The lowest BCUT2D eigenvalue weighted by Gasteiger charge is -1.99. The van der Waals surface area contributed by atoms with Crippen LogP contribution in [0.25, 0.3) is 11.1 Å². The van der Waals surface area contributed by atoms with E-state index >= 15 is 0 Å². The number of esters is 1. The van der Waals surface area contributed by atoms with E-state index in [-0.39, 0.29) is 11.6 Å². The van der Waals surface area contributed by atoms with Crippen molar-refractivity contribution in [2.45, 2.75) is 0 Å². The average molecular weight is 227 g/mol. The summed E-state index contributed by atoms with van der Waals surface area (Å²) in [6.45, 7) is 0. The van der Waals surface area contributed by atoms with Gasteiger partial charge >= 0.3 is 5.97 Å². The Labute approximate surface area is 89.8 Å². The van der Waals surface area contributed by atoms with Crippen LogP contribution in [-0.4, -0.2) is 18.1 Å². The molecule has 6 heteroatoms. The summed E-state index contributed by atoms with van der Waals surface area (Å²) in [6.07, 6.45) is 0. The number of nitrogens with zero attached hydrogens (tertiary/aromatic N) is 1. The molecular formula is C9H7ClN2O3. The molecule has 5 nitrogen and oxygen atoms in total. The fraction of sp³-hybridized carbons (Fsp3) is 0.111. The predicted octanol–water partition coefficient (Wildman–Crippen LogP) is 1.85. The minimum atomic E-state index is -0.532. The van der Waals surface area contributed by atoms with Crippen molar-refractivity contribution >= 4 is 34.7 Å². The molecule has 0 aliphatic rings. The third-order valence-electron chi connectivity index (χ3n) is 1.88. The summed E-state index contributed by atoms with van der Waals surface area (Å²) in [7, 11) is 1.28. The summed E-state index contributed by atoms with van der Waals surface area (Å²) in [5.41, 5.74) is 6.33. The predicted molar refractivity (Wildman–Crippen MR) is 54.8 cm³/mol. The number of nitrogens with two attached hydrogens (primary N) is 1. The molecule has 15 heavy (non-hydrogen) atoms. The van der Waals surface area contributed by atoms with Crippen LogP contribution in [-0.2, 0) is 4.74 Å². The summed E-state index contributed by atoms with van der Waals surface area (Å²) in [6, 6.07) is 2.97. The van der Waals surface area contributed by atoms with Crippen molar-refractivity contribution < 1.29 is 13.9 Å². The Morgan fingerprint density at radius 3 is 3.00 bits per heavy atom. The normalized spacial score (nSPS) is 10.5. The number of methoxy groups -OCH3 is 1. The van der Waals surface area contributed by atoms with E-state index in [0.29, 0.717) is 16.1 Å². The van der Waals surface area contributed by atoms with E-state index in [0.717, 1.165) is 0 Å². The number of rotatable bonds is 1. The zero-order valence-corrected chi connectivity index (χ0v) is 8.54. The molecule has 2 rings (SSSR count). The highest BCUT2D eigenvalue weighted by atomic mass is 35.5. The van der Waals surface area contributed by atoms with Gasteiger partial charge in [-0.2, -0.15) is 4.98 Å². The molecule has 2 aromatic rings. The van der Waals surface area contributed by atoms with Gasteiger partial charge in [0, 0.05) is 11.1 Å². The molecule has 0 bridgehead atoms. The van der Waals surface area contributed by atoms with Crippen molar-refractivity contribution in [1.29, 1.82) is 0 Å². The molecule has 0 spiro atoms. The summed E-state index contributed by atoms with van der Waals surface area (Å²) in [5, 5.41) is 0.360. The van der Waals surface area contributed by atoms with E-state index in [9.17, 15) is 4.79 Å². The third kappa shape index (κ3) is 1.61. The summed E-state index contributed by atoms with van der Waals surface area (Å²) in [5.74, 6) is -0.532. The Bertz CT molecular complexity index is 535. The van der Waals surface area contributed by atoms with Crippen molar-refractivity contribution in [1.82, 2.24) is 4.98 Å². The number of carbonyl (C=O) groups excluding carboxylic acids is 1. The molecule has 0 saturated heterocycles. The number of hydrogen-bond donors (Lipinski definition) is 1. The molecular weight excluding hydrogens is 220 g/mol. The molecule has 1 heterocycles. The maximum Gasteiger partial charge on any atom is 0.340 e. The number of aromatic nitrogens is 1. The molecule has 0 unspecified atom stereocenters. The van der Waals surface area contributed by atoms with Gasteiger partial charge in [0.1, 0.15) is 5.52 Å². The summed E-state index contributed by atoms with van der Waals surface area (Å²) >= 11 is 5.80. The minimum absolute atomic E-state index is 0.0163. The monoisotopic (exact) mass is 226 g/mol. The van der Waals surface area contributed by atoms with Crippen LogP contribution in [0.15, 0.2) is 16.5 Å². The van der Waals surface area contributed by atoms with E-state index in [1.165, 1.54) is 19.2 Å². The Hall–Kier alpha value is -1.75. The largest absolute Gasteiger partial charge is 0.465 e. The number of ether oxygens (including phenoxy) is 1. The smallest absolute Gasteiger partial charge is 0.340 e. The first kappa shape index (κ1) is 9.79. The lowest BCUT2D eigenvalue weighted by molar-refractivity contribution is 0.0603. The van der Waals surface area contributed by atoms with Crippen molar-refractivity contribution in [3.05, 3.63) is 22.7 Å². The van der Waals surface area contributed by atoms with Gasteiger partial charge in [0.25, 0.3) is 6.01 Å². The lowest BCUT2D eigenvalue weighted by Crippen LogP contribution is -2.02. The van der Waals surface area contributed by atoms with Gasteiger partial charge < -0.3 is 14.9 Å². The van der Waals surface area contributed by atoms with Gasteiger partial charge in [-0.3, -0.25) is 0 Å². The van der Waals surface area contributed by atoms with Crippen molar-refractivity contribution in [2.75, 3.05) is 12.8 Å². The molecule has 0 aliphatic carbocycles. The van der Waals surface area contributed by atoms with Crippen molar-refractivity contribution in [3.8, 4) is 0 Å². The molecule has 2 N–H and O–H groups in total. The van der Waals surface area contributed by atoms with Crippen LogP contribution in [0.3, 0.4) is 0 Å². The molecule has 78 valence electrons. The molecule has 1 aromatic carbocycles. The zero-order chi connectivity index (χ0) is 11.0. The number of anilines is 1. The first-order valence-corrected chi connectivity index (χ1v) is 4.43. The highest BCUT2D eigenvalue weighted by Gasteiger charge is 2.16. The van der Waals surface area contributed by atoms with Crippen molar-refractivity contribution in [2.24, 2.45) is 0 Å². The fourth-order valence-electron chi connectivity index (χ4n) is 1.28. The number of fused-ring (bicyclic) bond motifs is 1. The molecule has 0 aliphatic heterocycles. The molecule has 0 fully saturated rings. The van der Waals surface area contributed by atoms with Crippen molar-refractivity contribution in [3.63, 3.8) is 0 Å². The first-order chi connectivity index (χ1) is 7.11. The minimum Gasteiger partial charge on any atom is -0.465 e. The topological polar surface area (TPSA) is 78.3 Å². The second kappa shape index (κ2) is 3.43. The van der Waals surface area contributed by atoms with E-state index in [2.05, 4.69) is 9.72 Å². The number of oxazole rings is 1. The lowest BCUT2D eigenvalue weighted by atomic mass is 10.2. The highest BCUT2D eigenvalue weighted by molar-refractivity contribution is 6.31. The van der Waals surface area contributed by atoms with Crippen LogP contribution in [0.5, 0.6) is 0 Å².